The van der Waals surface area contributed by atoms with Crippen molar-refractivity contribution in [2.75, 3.05) is 13.1 Å². The zero-order chi connectivity index (χ0) is 12.8. The average Bonchev–Trinajstić information content (AvgIpc) is 2.28. The number of amides is 1. The summed E-state index contributed by atoms with van der Waals surface area (Å²) >= 11 is 0. The number of halogens is 1. The maximum atomic E-state index is 13.6. The summed E-state index contributed by atoms with van der Waals surface area (Å²) in [6.45, 7) is 4.11. The molecule has 0 unspecified atom stereocenters. The predicted molar refractivity (Wildman–Crippen MR) is 62.9 cm³/mol. The zero-order valence-corrected chi connectivity index (χ0v) is 10.0. The van der Waals surface area contributed by atoms with Gasteiger partial charge in [-0.2, -0.15) is 5.26 Å². The lowest BCUT2D eigenvalue weighted by Crippen LogP contribution is -2.32. The number of nitrogens with zero attached hydrogens (tertiary/aromatic N) is 2. The normalized spacial score (nSPS) is 9.76. The number of hydrogen-bond donors (Lipinski definition) is 0. The second kappa shape index (κ2) is 6.00. The molecule has 1 rings (SSSR count). The monoisotopic (exact) mass is 234 g/mol. The van der Waals surface area contributed by atoms with E-state index in [-0.39, 0.29) is 12.1 Å². The average molecular weight is 234 g/mol. The van der Waals surface area contributed by atoms with Crippen LogP contribution in [0, 0.1) is 24.1 Å². The Hall–Kier alpha value is -1.89. The Labute approximate surface area is 100 Å². The molecule has 1 aromatic rings. The molecule has 0 N–H and O–H groups in total. The summed E-state index contributed by atoms with van der Waals surface area (Å²) in [4.78, 5) is 13.3. The van der Waals surface area contributed by atoms with Crippen LogP contribution in [0.1, 0.15) is 29.3 Å². The summed E-state index contributed by atoms with van der Waals surface area (Å²) in [5.74, 6) is -0.958. The largest absolute Gasteiger partial charge is 0.325 e. The fraction of sp³-hybridized carbons (Fsp3) is 0.385. The van der Waals surface area contributed by atoms with E-state index in [0.29, 0.717) is 6.54 Å². The minimum absolute atomic E-state index is 0.0139. The van der Waals surface area contributed by atoms with Crippen molar-refractivity contribution in [2.24, 2.45) is 0 Å². The fourth-order valence-corrected chi connectivity index (χ4v) is 1.57. The summed E-state index contributed by atoms with van der Waals surface area (Å²) in [6, 6.07) is 6.39. The van der Waals surface area contributed by atoms with Gasteiger partial charge in [-0.3, -0.25) is 4.79 Å². The van der Waals surface area contributed by atoms with Crippen LogP contribution in [0.2, 0.25) is 0 Å². The van der Waals surface area contributed by atoms with E-state index < -0.39 is 11.7 Å². The number of carbonyl (C=O) groups excluding carboxylic acids is 1. The standard InChI is InChI=1S/C13H15FN2O/c1-3-7-16(8-6-15)13(17)11-5-4-10(2)9-12(11)14/h4-5,9H,3,7-8H2,1-2H3. The van der Waals surface area contributed by atoms with Crippen molar-refractivity contribution in [3.63, 3.8) is 0 Å². The van der Waals surface area contributed by atoms with E-state index >= 15 is 0 Å². The van der Waals surface area contributed by atoms with Crippen molar-refractivity contribution in [1.29, 1.82) is 5.26 Å². The van der Waals surface area contributed by atoms with Crippen LogP contribution in [0.5, 0.6) is 0 Å². The summed E-state index contributed by atoms with van der Waals surface area (Å²) in [7, 11) is 0. The smallest absolute Gasteiger partial charge is 0.257 e. The number of benzene rings is 1. The molecule has 4 heteroatoms. The molecular weight excluding hydrogens is 219 g/mol. The molecule has 0 bridgehead atoms. The van der Waals surface area contributed by atoms with Gasteiger partial charge in [0, 0.05) is 6.54 Å². The van der Waals surface area contributed by atoms with Gasteiger partial charge >= 0.3 is 0 Å². The first-order valence-corrected chi connectivity index (χ1v) is 5.52. The van der Waals surface area contributed by atoms with Crippen LogP contribution in [-0.2, 0) is 0 Å². The number of carbonyl (C=O) groups is 1. The molecular formula is C13H15FN2O. The molecule has 90 valence electrons. The highest BCUT2D eigenvalue weighted by molar-refractivity contribution is 5.94. The van der Waals surface area contributed by atoms with Crippen LogP contribution >= 0.6 is 0 Å². The molecule has 0 aliphatic heterocycles. The van der Waals surface area contributed by atoms with Crippen molar-refractivity contribution in [3.8, 4) is 6.07 Å². The Balaban J connectivity index is 2.97. The number of rotatable bonds is 4. The Bertz CT molecular complexity index is 451. The van der Waals surface area contributed by atoms with Gasteiger partial charge in [0.05, 0.1) is 11.6 Å². The third-order valence-corrected chi connectivity index (χ3v) is 2.40. The lowest BCUT2D eigenvalue weighted by Gasteiger charge is -2.19. The van der Waals surface area contributed by atoms with E-state index in [1.165, 1.54) is 17.0 Å². The van der Waals surface area contributed by atoms with Gasteiger partial charge in [0.1, 0.15) is 12.4 Å². The van der Waals surface area contributed by atoms with Crippen LogP contribution in [0.15, 0.2) is 18.2 Å². The molecule has 0 saturated carbocycles. The third-order valence-electron chi connectivity index (χ3n) is 2.40. The first-order valence-electron chi connectivity index (χ1n) is 5.52. The van der Waals surface area contributed by atoms with Crippen LogP contribution in [0.3, 0.4) is 0 Å². The van der Waals surface area contributed by atoms with Crippen molar-refractivity contribution in [1.82, 2.24) is 4.90 Å². The van der Waals surface area contributed by atoms with Gasteiger partial charge in [0.15, 0.2) is 0 Å². The fourth-order valence-electron chi connectivity index (χ4n) is 1.57. The maximum absolute atomic E-state index is 13.6. The Morgan fingerprint density at radius 2 is 2.24 bits per heavy atom. The highest BCUT2D eigenvalue weighted by Crippen LogP contribution is 2.12. The van der Waals surface area contributed by atoms with Gasteiger partial charge < -0.3 is 4.90 Å². The molecule has 0 aromatic heterocycles. The van der Waals surface area contributed by atoms with E-state index in [9.17, 15) is 9.18 Å². The van der Waals surface area contributed by atoms with Gasteiger partial charge in [-0.05, 0) is 31.0 Å². The predicted octanol–water partition coefficient (Wildman–Crippen LogP) is 2.51. The van der Waals surface area contributed by atoms with Gasteiger partial charge in [-0.15, -0.1) is 0 Å². The van der Waals surface area contributed by atoms with E-state index in [4.69, 9.17) is 5.26 Å². The van der Waals surface area contributed by atoms with Crippen molar-refractivity contribution in [2.45, 2.75) is 20.3 Å². The lowest BCUT2D eigenvalue weighted by molar-refractivity contribution is 0.0771. The first-order chi connectivity index (χ1) is 8.10. The summed E-state index contributed by atoms with van der Waals surface area (Å²) in [5.41, 5.74) is 0.792. The molecule has 0 heterocycles. The SMILES string of the molecule is CCCN(CC#N)C(=O)c1ccc(C)cc1F. The van der Waals surface area contributed by atoms with E-state index in [0.717, 1.165) is 12.0 Å². The van der Waals surface area contributed by atoms with Crippen LogP contribution in [0.25, 0.3) is 0 Å². The second-order valence-corrected chi connectivity index (χ2v) is 3.87. The van der Waals surface area contributed by atoms with Gasteiger partial charge in [0.25, 0.3) is 5.91 Å². The van der Waals surface area contributed by atoms with Crippen molar-refractivity contribution < 1.29 is 9.18 Å². The molecule has 0 fully saturated rings. The second-order valence-electron chi connectivity index (χ2n) is 3.87. The number of nitriles is 1. The molecule has 0 saturated heterocycles. The maximum Gasteiger partial charge on any atom is 0.257 e. The van der Waals surface area contributed by atoms with E-state index in [1.54, 1.807) is 13.0 Å². The zero-order valence-electron chi connectivity index (χ0n) is 10.0. The highest BCUT2D eigenvalue weighted by Gasteiger charge is 2.18. The van der Waals surface area contributed by atoms with E-state index in [1.807, 2.05) is 13.0 Å². The molecule has 0 aliphatic carbocycles. The molecule has 0 aliphatic rings. The topological polar surface area (TPSA) is 44.1 Å². The molecule has 0 spiro atoms. The van der Waals surface area contributed by atoms with Crippen LogP contribution in [0.4, 0.5) is 4.39 Å². The van der Waals surface area contributed by atoms with Gasteiger partial charge in [-0.1, -0.05) is 13.0 Å². The number of aryl methyl sites for hydroxylation is 1. The molecule has 17 heavy (non-hydrogen) atoms. The highest BCUT2D eigenvalue weighted by atomic mass is 19.1. The summed E-state index contributed by atoms with van der Waals surface area (Å²) in [6.07, 6.45) is 0.737. The Morgan fingerprint density at radius 1 is 1.53 bits per heavy atom. The minimum Gasteiger partial charge on any atom is -0.325 e. The molecule has 1 aromatic carbocycles. The summed E-state index contributed by atoms with van der Waals surface area (Å²) < 4.78 is 13.6. The Morgan fingerprint density at radius 3 is 2.76 bits per heavy atom. The van der Waals surface area contributed by atoms with Crippen LogP contribution in [-0.4, -0.2) is 23.9 Å². The van der Waals surface area contributed by atoms with Gasteiger partial charge in [0.2, 0.25) is 0 Å². The van der Waals surface area contributed by atoms with Crippen molar-refractivity contribution >= 4 is 5.91 Å². The van der Waals surface area contributed by atoms with Crippen molar-refractivity contribution in [3.05, 3.63) is 35.1 Å². The summed E-state index contributed by atoms with van der Waals surface area (Å²) in [5, 5.41) is 8.63. The molecule has 0 atom stereocenters. The molecule has 1 amide bonds. The lowest BCUT2D eigenvalue weighted by atomic mass is 10.1. The quantitative estimate of drug-likeness (QED) is 0.751. The van der Waals surface area contributed by atoms with Gasteiger partial charge in [-0.25, -0.2) is 4.39 Å². The third kappa shape index (κ3) is 3.28. The number of hydrogen-bond acceptors (Lipinski definition) is 2. The van der Waals surface area contributed by atoms with E-state index in [2.05, 4.69) is 0 Å². The molecule has 3 nitrogen and oxygen atoms in total. The first kappa shape index (κ1) is 13.2. The molecule has 0 radical (unpaired) electrons. The minimum atomic E-state index is -0.533. The Kier molecular flexibility index (Phi) is 4.65. The van der Waals surface area contributed by atoms with Crippen LogP contribution < -0.4 is 0 Å².